The van der Waals surface area contributed by atoms with Gasteiger partial charge in [-0.3, -0.25) is 29.4 Å². The Hall–Kier alpha value is -4.32. The smallest absolute Gasteiger partial charge is 0.262 e. The second-order valence-corrected chi connectivity index (χ2v) is 8.87. The Morgan fingerprint density at radius 3 is 2.68 bits per heavy atom. The second-order valence-electron chi connectivity index (χ2n) is 7.86. The minimum absolute atomic E-state index is 0.0522. The van der Waals surface area contributed by atoms with Crippen LogP contribution < -0.4 is 5.32 Å². The molecular formula is C22H13FN6O4S. The molecule has 4 amide bonds. The van der Waals surface area contributed by atoms with Crippen LogP contribution >= 0.6 is 11.3 Å². The van der Waals surface area contributed by atoms with Gasteiger partial charge >= 0.3 is 0 Å². The van der Waals surface area contributed by atoms with Gasteiger partial charge in [0.15, 0.2) is 0 Å². The van der Waals surface area contributed by atoms with Crippen molar-refractivity contribution in [2.45, 2.75) is 18.9 Å². The Labute approximate surface area is 194 Å². The molecule has 2 aromatic carbocycles. The third-order valence-electron chi connectivity index (χ3n) is 5.76. The van der Waals surface area contributed by atoms with E-state index in [9.17, 15) is 23.6 Å². The molecule has 1 fully saturated rings. The van der Waals surface area contributed by atoms with Crippen molar-refractivity contribution in [1.29, 1.82) is 0 Å². The summed E-state index contributed by atoms with van der Waals surface area (Å²) >= 11 is 1.25. The molecule has 1 N–H and O–H groups in total. The normalized spacial score (nSPS) is 18.0. The van der Waals surface area contributed by atoms with E-state index in [-0.39, 0.29) is 29.8 Å². The maximum atomic E-state index is 13.5. The third-order valence-corrected chi connectivity index (χ3v) is 6.77. The third kappa shape index (κ3) is 3.10. The number of thiazole rings is 1. The first-order chi connectivity index (χ1) is 16.4. The average molecular weight is 476 g/mol. The van der Waals surface area contributed by atoms with Crippen molar-refractivity contribution < 1.29 is 23.6 Å². The molecule has 2 aliphatic rings. The van der Waals surface area contributed by atoms with Gasteiger partial charge in [0, 0.05) is 12.0 Å². The monoisotopic (exact) mass is 476 g/mol. The van der Waals surface area contributed by atoms with Crippen molar-refractivity contribution in [2.75, 3.05) is 0 Å². The molecule has 0 aliphatic carbocycles. The van der Waals surface area contributed by atoms with Crippen LogP contribution in [0.5, 0.6) is 0 Å². The number of halogens is 1. The van der Waals surface area contributed by atoms with Crippen molar-refractivity contribution in [3.8, 4) is 16.4 Å². The van der Waals surface area contributed by atoms with Gasteiger partial charge in [0.25, 0.3) is 11.8 Å². The molecule has 0 bridgehead atoms. The fourth-order valence-electron chi connectivity index (χ4n) is 4.10. The minimum Gasteiger partial charge on any atom is -0.295 e. The second kappa shape index (κ2) is 7.35. The molecule has 12 heteroatoms. The van der Waals surface area contributed by atoms with Gasteiger partial charge in [-0.05, 0) is 36.8 Å². The van der Waals surface area contributed by atoms with E-state index >= 15 is 0 Å². The van der Waals surface area contributed by atoms with Gasteiger partial charge in [0.1, 0.15) is 17.6 Å². The number of imide groups is 2. The summed E-state index contributed by atoms with van der Waals surface area (Å²) in [6, 6.07) is 7.96. The molecule has 168 valence electrons. The Balaban J connectivity index is 1.31. The first-order valence-electron chi connectivity index (χ1n) is 10.2. The van der Waals surface area contributed by atoms with Crippen LogP contribution in [0, 0.1) is 5.82 Å². The van der Waals surface area contributed by atoms with Crippen LogP contribution in [-0.2, 0) is 9.59 Å². The number of carbonyl (C=O) groups is 4. The Bertz CT molecular complexity index is 1560. The molecule has 0 saturated carbocycles. The number of nitrogens with one attached hydrogen (secondary N) is 1. The van der Waals surface area contributed by atoms with Gasteiger partial charge in [-0.25, -0.2) is 9.37 Å². The van der Waals surface area contributed by atoms with Crippen molar-refractivity contribution in [1.82, 2.24) is 30.2 Å². The number of amides is 4. The van der Waals surface area contributed by atoms with Gasteiger partial charge in [-0.2, -0.15) is 4.68 Å². The van der Waals surface area contributed by atoms with Gasteiger partial charge in [-0.15, -0.1) is 5.10 Å². The summed E-state index contributed by atoms with van der Waals surface area (Å²) in [4.78, 5) is 54.9. The highest BCUT2D eigenvalue weighted by molar-refractivity contribution is 7.20. The number of aromatic nitrogens is 4. The molecule has 34 heavy (non-hydrogen) atoms. The van der Waals surface area contributed by atoms with Crippen LogP contribution in [0.25, 0.3) is 26.6 Å². The van der Waals surface area contributed by atoms with E-state index in [0.29, 0.717) is 26.6 Å². The molecule has 1 saturated heterocycles. The first kappa shape index (κ1) is 20.3. The minimum atomic E-state index is -1.03. The highest BCUT2D eigenvalue weighted by Crippen LogP contribution is 2.31. The predicted molar refractivity (Wildman–Crippen MR) is 117 cm³/mol. The maximum Gasteiger partial charge on any atom is 0.262 e. The Kier molecular flexibility index (Phi) is 4.39. The number of benzene rings is 2. The summed E-state index contributed by atoms with van der Waals surface area (Å²) in [5, 5.41) is 10.9. The number of hydrogen-bond donors (Lipinski definition) is 1. The maximum absolute atomic E-state index is 13.5. The molecular weight excluding hydrogens is 463 g/mol. The van der Waals surface area contributed by atoms with Gasteiger partial charge < -0.3 is 0 Å². The average Bonchev–Trinajstić information content (AvgIpc) is 3.51. The fraction of sp³-hybridized carbons (Fsp3) is 0.136. The summed E-state index contributed by atoms with van der Waals surface area (Å²) in [5.41, 5.74) is 1.95. The molecule has 0 radical (unpaired) electrons. The SMILES string of the molecule is O=C1CCC(N2C(=O)c3ccc(-c4cn(-c5nc6ccc(F)cc6s5)nn4)cc3C2=O)C(=O)N1. The lowest BCUT2D eigenvalue weighted by Crippen LogP contribution is -2.54. The molecule has 6 rings (SSSR count). The summed E-state index contributed by atoms with van der Waals surface area (Å²) in [5.74, 6) is -2.62. The van der Waals surface area contributed by atoms with Crippen LogP contribution in [-0.4, -0.2) is 54.5 Å². The van der Waals surface area contributed by atoms with Crippen molar-refractivity contribution in [3.63, 3.8) is 0 Å². The van der Waals surface area contributed by atoms with Crippen LogP contribution in [0.15, 0.2) is 42.6 Å². The van der Waals surface area contributed by atoms with Gasteiger partial charge in [-0.1, -0.05) is 22.6 Å². The topological polar surface area (TPSA) is 127 Å². The Morgan fingerprint density at radius 1 is 1.03 bits per heavy atom. The van der Waals surface area contributed by atoms with Crippen molar-refractivity contribution >= 4 is 45.2 Å². The number of nitrogens with zero attached hydrogens (tertiary/aromatic N) is 5. The summed E-state index contributed by atoms with van der Waals surface area (Å²) < 4.78 is 15.6. The molecule has 10 nitrogen and oxygen atoms in total. The fourth-order valence-corrected chi connectivity index (χ4v) is 5.02. The summed E-state index contributed by atoms with van der Waals surface area (Å²) in [6.45, 7) is 0. The van der Waals surface area contributed by atoms with Crippen LogP contribution in [0.4, 0.5) is 4.39 Å². The summed E-state index contributed by atoms with van der Waals surface area (Å²) in [7, 11) is 0. The van der Waals surface area contributed by atoms with Crippen molar-refractivity contribution in [3.05, 3.63) is 59.5 Å². The van der Waals surface area contributed by atoms with Crippen LogP contribution in [0.1, 0.15) is 33.6 Å². The van der Waals surface area contributed by atoms with E-state index in [1.54, 1.807) is 18.3 Å². The molecule has 0 spiro atoms. The van der Waals surface area contributed by atoms with Crippen molar-refractivity contribution in [2.24, 2.45) is 0 Å². The largest absolute Gasteiger partial charge is 0.295 e. The van der Waals surface area contributed by atoms with E-state index in [0.717, 1.165) is 4.90 Å². The highest BCUT2D eigenvalue weighted by Gasteiger charge is 2.44. The number of hydrogen-bond acceptors (Lipinski definition) is 8. The first-order valence-corrected chi connectivity index (χ1v) is 11.1. The number of fused-ring (bicyclic) bond motifs is 2. The zero-order chi connectivity index (χ0) is 23.6. The number of rotatable bonds is 3. The Morgan fingerprint density at radius 2 is 1.85 bits per heavy atom. The molecule has 1 unspecified atom stereocenters. The zero-order valence-corrected chi connectivity index (χ0v) is 18.0. The van der Waals surface area contributed by atoms with E-state index in [1.165, 1.54) is 40.3 Å². The molecule has 2 aromatic heterocycles. The quantitative estimate of drug-likeness (QED) is 0.449. The zero-order valence-electron chi connectivity index (χ0n) is 17.2. The highest BCUT2D eigenvalue weighted by atomic mass is 32.1. The molecule has 4 heterocycles. The van der Waals surface area contributed by atoms with Crippen LogP contribution in [0.2, 0.25) is 0 Å². The van der Waals surface area contributed by atoms with Gasteiger partial charge in [0.05, 0.1) is 27.5 Å². The van der Waals surface area contributed by atoms with E-state index in [2.05, 4.69) is 20.6 Å². The predicted octanol–water partition coefficient (Wildman–Crippen LogP) is 2.08. The van der Waals surface area contributed by atoms with E-state index in [4.69, 9.17) is 0 Å². The standard InChI is InChI=1S/C22H13FN6O4S/c23-11-2-4-14-17(8-11)34-22(24-14)28-9-15(26-27-28)10-1-3-12-13(7-10)21(33)29(20(12)32)16-5-6-18(30)25-19(16)31/h1-4,7-9,16H,5-6H2,(H,25,30,31). The number of piperidine rings is 1. The van der Waals surface area contributed by atoms with E-state index < -0.39 is 29.7 Å². The van der Waals surface area contributed by atoms with Crippen LogP contribution in [0.3, 0.4) is 0 Å². The molecule has 2 aliphatic heterocycles. The lowest BCUT2D eigenvalue weighted by Gasteiger charge is -2.27. The number of carbonyl (C=O) groups excluding carboxylic acids is 4. The molecule has 4 aromatic rings. The summed E-state index contributed by atoms with van der Waals surface area (Å²) in [6.07, 6.45) is 1.76. The lowest BCUT2D eigenvalue weighted by molar-refractivity contribution is -0.136. The van der Waals surface area contributed by atoms with E-state index in [1.807, 2.05) is 0 Å². The van der Waals surface area contributed by atoms with Gasteiger partial charge in [0.2, 0.25) is 16.9 Å². The molecule has 1 atom stereocenters. The lowest BCUT2D eigenvalue weighted by atomic mass is 10.0.